The summed E-state index contributed by atoms with van der Waals surface area (Å²) >= 11 is 0. The molecule has 1 aliphatic heterocycles. The highest BCUT2D eigenvalue weighted by molar-refractivity contribution is 5.82. The second-order valence-electron chi connectivity index (χ2n) is 5.13. The molecule has 4 nitrogen and oxygen atoms in total. The van der Waals surface area contributed by atoms with Crippen LogP contribution in [0, 0.1) is 17.2 Å². The van der Waals surface area contributed by atoms with Gasteiger partial charge in [-0.25, -0.2) is 0 Å². The maximum Gasteiger partial charge on any atom is 0.237 e. The van der Waals surface area contributed by atoms with Crippen molar-refractivity contribution < 1.29 is 4.79 Å². The quantitative estimate of drug-likeness (QED) is 0.710. The first-order valence-corrected chi connectivity index (χ1v) is 6.74. The van der Waals surface area contributed by atoms with Crippen molar-refractivity contribution in [2.75, 3.05) is 6.54 Å². The molecular weight excluding hydrogens is 214 g/mol. The van der Waals surface area contributed by atoms with Gasteiger partial charge in [-0.05, 0) is 25.7 Å². The second-order valence-corrected chi connectivity index (χ2v) is 5.13. The first-order valence-electron chi connectivity index (χ1n) is 6.74. The van der Waals surface area contributed by atoms with E-state index in [0.717, 1.165) is 38.6 Å². The van der Waals surface area contributed by atoms with E-state index in [1.54, 1.807) is 0 Å². The lowest BCUT2D eigenvalue weighted by Gasteiger charge is -2.29. The van der Waals surface area contributed by atoms with Crippen molar-refractivity contribution in [2.45, 2.75) is 57.0 Å². The van der Waals surface area contributed by atoms with Crippen molar-refractivity contribution in [1.29, 1.82) is 5.26 Å². The standard InChI is InChI=1S/C13H21N3O/c14-9-10-5-2-1-3-6-11(10)16-12-7-4-8-15-13(12)17/h10-12,16H,1-8H2,(H,15,17). The monoisotopic (exact) mass is 235 g/mol. The zero-order valence-corrected chi connectivity index (χ0v) is 10.2. The Morgan fingerprint density at radius 1 is 1.18 bits per heavy atom. The molecule has 2 rings (SSSR count). The summed E-state index contributed by atoms with van der Waals surface area (Å²) in [5.74, 6) is 0.185. The molecule has 0 aromatic rings. The molecule has 1 heterocycles. The molecule has 0 radical (unpaired) electrons. The number of rotatable bonds is 2. The molecule has 2 aliphatic rings. The van der Waals surface area contributed by atoms with Crippen molar-refractivity contribution >= 4 is 5.91 Å². The van der Waals surface area contributed by atoms with Crippen molar-refractivity contribution in [3.8, 4) is 6.07 Å². The Balaban J connectivity index is 1.94. The minimum Gasteiger partial charge on any atom is -0.355 e. The third-order valence-corrected chi connectivity index (χ3v) is 3.88. The van der Waals surface area contributed by atoms with E-state index in [1.165, 1.54) is 12.8 Å². The van der Waals surface area contributed by atoms with Gasteiger partial charge >= 0.3 is 0 Å². The largest absolute Gasteiger partial charge is 0.355 e. The van der Waals surface area contributed by atoms with Crippen LogP contribution >= 0.6 is 0 Å². The Morgan fingerprint density at radius 3 is 2.76 bits per heavy atom. The van der Waals surface area contributed by atoms with E-state index in [4.69, 9.17) is 0 Å². The molecule has 94 valence electrons. The Labute approximate surface area is 103 Å². The van der Waals surface area contributed by atoms with Crippen LogP contribution in [0.3, 0.4) is 0 Å². The van der Waals surface area contributed by atoms with Gasteiger partial charge in [-0.3, -0.25) is 4.79 Å². The molecule has 1 aliphatic carbocycles. The van der Waals surface area contributed by atoms with Crippen molar-refractivity contribution in [2.24, 2.45) is 5.92 Å². The van der Waals surface area contributed by atoms with Crippen molar-refractivity contribution in [3.63, 3.8) is 0 Å². The molecule has 1 saturated heterocycles. The summed E-state index contributed by atoms with van der Waals surface area (Å²) in [5, 5.41) is 15.5. The average Bonchev–Trinajstić information content (AvgIpc) is 2.57. The minimum atomic E-state index is -0.0808. The fourth-order valence-electron chi connectivity index (χ4n) is 2.85. The number of amides is 1. The van der Waals surface area contributed by atoms with Crippen LogP contribution in [0.25, 0.3) is 0 Å². The number of hydrogen-bond acceptors (Lipinski definition) is 3. The molecular formula is C13H21N3O. The van der Waals surface area contributed by atoms with Crippen LogP contribution in [0.15, 0.2) is 0 Å². The molecule has 4 heteroatoms. The number of hydrogen-bond donors (Lipinski definition) is 2. The third-order valence-electron chi connectivity index (χ3n) is 3.88. The van der Waals surface area contributed by atoms with Gasteiger partial charge in [-0.15, -0.1) is 0 Å². The Bertz CT molecular complexity index is 310. The minimum absolute atomic E-state index is 0.0761. The molecule has 0 spiro atoms. The molecule has 2 fully saturated rings. The second kappa shape index (κ2) is 6.02. The van der Waals surface area contributed by atoms with Gasteiger partial charge in [0.2, 0.25) is 5.91 Å². The molecule has 2 N–H and O–H groups in total. The Kier molecular flexibility index (Phi) is 4.38. The van der Waals surface area contributed by atoms with Gasteiger partial charge in [0, 0.05) is 12.6 Å². The lowest BCUT2D eigenvalue weighted by molar-refractivity contribution is -0.124. The van der Waals surface area contributed by atoms with Gasteiger partial charge in [-0.1, -0.05) is 19.3 Å². The van der Waals surface area contributed by atoms with Crippen LogP contribution in [-0.4, -0.2) is 24.5 Å². The van der Waals surface area contributed by atoms with Crippen LogP contribution < -0.4 is 10.6 Å². The highest BCUT2D eigenvalue weighted by Crippen LogP contribution is 2.24. The molecule has 0 aromatic heterocycles. The predicted octanol–water partition coefficient (Wildman–Crippen LogP) is 1.33. The highest BCUT2D eigenvalue weighted by atomic mass is 16.2. The summed E-state index contributed by atoms with van der Waals surface area (Å²) < 4.78 is 0. The first kappa shape index (κ1) is 12.4. The van der Waals surface area contributed by atoms with Gasteiger partial charge in [0.05, 0.1) is 18.0 Å². The lowest BCUT2D eigenvalue weighted by atomic mass is 9.94. The van der Waals surface area contributed by atoms with Crippen molar-refractivity contribution in [3.05, 3.63) is 0 Å². The van der Waals surface area contributed by atoms with E-state index in [1.807, 2.05) is 0 Å². The number of piperidine rings is 1. The Morgan fingerprint density at radius 2 is 2.00 bits per heavy atom. The van der Waals surface area contributed by atoms with E-state index in [0.29, 0.717) is 0 Å². The number of nitrogens with one attached hydrogen (secondary N) is 2. The van der Waals surface area contributed by atoms with Gasteiger partial charge in [0.1, 0.15) is 0 Å². The number of nitrogens with zero attached hydrogens (tertiary/aromatic N) is 1. The fourth-order valence-corrected chi connectivity index (χ4v) is 2.85. The molecule has 1 amide bonds. The molecule has 0 bridgehead atoms. The number of carbonyl (C=O) groups excluding carboxylic acids is 1. The topological polar surface area (TPSA) is 64.9 Å². The Hall–Kier alpha value is -1.08. The lowest BCUT2D eigenvalue weighted by Crippen LogP contribution is -2.53. The van der Waals surface area contributed by atoms with Gasteiger partial charge in [-0.2, -0.15) is 5.26 Å². The van der Waals surface area contributed by atoms with E-state index in [9.17, 15) is 10.1 Å². The van der Waals surface area contributed by atoms with Crippen LogP contribution in [0.1, 0.15) is 44.9 Å². The number of nitriles is 1. The zero-order chi connectivity index (χ0) is 12.1. The van der Waals surface area contributed by atoms with E-state index in [-0.39, 0.29) is 23.9 Å². The summed E-state index contributed by atoms with van der Waals surface area (Å²) in [4.78, 5) is 11.7. The summed E-state index contributed by atoms with van der Waals surface area (Å²) in [6, 6.07) is 2.53. The summed E-state index contributed by atoms with van der Waals surface area (Å²) in [7, 11) is 0. The van der Waals surface area contributed by atoms with Crippen LogP contribution in [0.4, 0.5) is 0 Å². The molecule has 1 saturated carbocycles. The van der Waals surface area contributed by atoms with Gasteiger partial charge < -0.3 is 10.6 Å². The van der Waals surface area contributed by atoms with E-state index < -0.39 is 0 Å². The molecule has 0 aromatic carbocycles. The summed E-state index contributed by atoms with van der Waals surface area (Å²) in [5.41, 5.74) is 0. The number of carbonyl (C=O) groups is 1. The van der Waals surface area contributed by atoms with E-state index in [2.05, 4.69) is 16.7 Å². The van der Waals surface area contributed by atoms with Crippen LogP contribution in [-0.2, 0) is 4.79 Å². The smallest absolute Gasteiger partial charge is 0.237 e. The van der Waals surface area contributed by atoms with E-state index >= 15 is 0 Å². The molecule has 17 heavy (non-hydrogen) atoms. The van der Waals surface area contributed by atoms with Gasteiger partial charge in [0.15, 0.2) is 0 Å². The maximum absolute atomic E-state index is 11.7. The summed E-state index contributed by atoms with van der Waals surface area (Å²) in [6.45, 7) is 0.795. The van der Waals surface area contributed by atoms with Gasteiger partial charge in [0.25, 0.3) is 0 Å². The normalized spacial score (nSPS) is 34.5. The first-order chi connectivity index (χ1) is 8.31. The maximum atomic E-state index is 11.7. The molecule has 3 unspecified atom stereocenters. The van der Waals surface area contributed by atoms with Crippen LogP contribution in [0.2, 0.25) is 0 Å². The zero-order valence-electron chi connectivity index (χ0n) is 10.2. The average molecular weight is 235 g/mol. The third kappa shape index (κ3) is 3.19. The fraction of sp³-hybridized carbons (Fsp3) is 0.846. The SMILES string of the molecule is N#CC1CCCCCC1NC1CCCNC1=O. The van der Waals surface area contributed by atoms with Crippen molar-refractivity contribution in [1.82, 2.24) is 10.6 Å². The molecule has 3 atom stereocenters. The predicted molar refractivity (Wildman–Crippen MR) is 65.1 cm³/mol. The van der Waals surface area contributed by atoms with Crippen LogP contribution in [0.5, 0.6) is 0 Å². The highest BCUT2D eigenvalue weighted by Gasteiger charge is 2.29. The summed E-state index contributed by atoms with van der Waals surface area (Å²) in [6.07, 6.45) is 7.48.